The van der Waals surface area contributed by atoms with Gasteiger partial charge in [-0.15, -0.1) is 23.7 Å². The number of carbonyl (C=O) groups excluding carboxylic acids is 1. The van der Waals surface area contributed by atoms with Crippen LogP contribution in [0, 0.1) is 0 Å². The zero-order chi connectivity index (χ0) is 13.9. The number of nitrogens with zero attached hydrogens (tertiary/aromatic N) is 1. The van der Waals surface area contributed by atoms with Crippen LogP contribution in [0.3, 0.4) is 0 Å². The van der Waals surface area contributed by atoms with Crippen LogP contribution in [0.4, 0.5) is 0 Å². The first-order valence-electron chi connectivity index (χ1n) is 7.28. The minimum absolute atomic E-state index is 0. The molecular weight excluding hydrogens is 304 g/mol. The number of carbonyl (C=O) groups is 1. The van der Waals surface area contributed by atoms with Crippen molar-refractivity contribution in [2.24, 2.45) is 0 Å². The van der Waals surface area contributed by atoms with Gasteiger partial charge in [-0.1, -0.05) is 6.92 Å². The van der Waals surface area contributed by atoms with E-state index in [9.17, 15) is 4.79 Å². The van der Waals surface area contributed by atoms with Crippen molar-refractivity contribution in [3.05, 3.63) is 35.2 Å². The number of benzene rings is 1. The average Bonchev–Trinajstić information content (AvgIpc) is 3.13. The Morgan fingerprint density at radius 2 is 2.29 bits per heavy atom. The highest BCUT2D eigenvalue weighted by molar-refractivity contribution is 7.17. The van der Waals surface area contributed by atoms with Crippen LogP contribution in [0.25, 0.3) is 10.1 Å². The van der Waals surface area contributed by atoms with Crippen molar-refractivity contribution >= 4 is 39.7 Å². The first kappa shape index (κ1) is 16.3. The summed E-state index contributed by atoms with van der Waals surface area (Å²) in [6.07, 6.45) is 2.06. The maximum Gasteiger partial charge on any atom is 0.254 e. The molecule has 1 fully saturated rings. The van der Waals surface area contributed by atoms with Crippen molar-refractivity contribution < 1.29 is 4.79 Å². The Morgan fingerprint density at radius 1 is 1.43 bits per heavy atom. The molecule has 114 valence electrons. The van der Waals surface area contributed by atoms with E-state index in [1.165, 1.54) is 10.1 Å². The predicted octanol–water partition coefficient (Wildman–Crippen LogP) is 3.54. The summed E-state index contributed by atoms with van der Waals surface area (Å²) in [6, 6.07) is 8.48. The first-order chi connectivity index (χ1) is 9.79. The molecule has 5 heteroatoms. The molecule has 1 atom stereocenters. The van der Waals surface area contributed by atoms with Gasteiger partial charge in [0.15, 0.2) is 0 Å². The molecule has 2 aromatic rings. The molecule has 2 heterocycles. The molecule has 0 aliphatic carbocycles. The van der Waals surface area contributed by atoms with E-state index in [2.05, 4.69) is 29.8 Å². The van der Waals surface area contributed by atoms with Gasteiger partial charge in [0.05, 0.1) is 0 Å². The number of amides is 1. The normalized spacial score (nSPS) is 17.7. The van der Waals surface area contributed by atoms with Crippen LogP contribution in [0.15, 0.2) is 29.6 Å². The van der Waals surface area contributed by atoms with Gasteiger partial charge >= 0.3 is 0 Å². The highest BCUT2D eigenvalue weighted by atomic mass is 35.5. The van der Waals surface area contributed by atoms with Crippen LogP contribution < -0.4 is 5.32 Å². The van der Waals surface area contributed by atoms with E-state index in [0.717, 1.165) is 38.0 Å². The molecule has 1 aromatic carbocycles. The Labute approximate surface area is 135 Å². The lowest BCUT2D eigenvalue weighted by Gasteiger charge is -2.28. The number of thiophene rings is 1. The van der Waals surface area contributed by atoms with Crippen LogP contribution in [-0.2, 0) is 0 Å². The molecule has 21 heavy (non-hydrogen) atoms. The minimum Gasteiger partial charge on any atom is -0.334 e. The summed E-state index contributed by atoms with van der Waals surface area (Å²) in [5, 5.41) is 6.59. The van der Waals surface area contributed by atoms with Gasteiger partial charge in [0.25, 0.3) is 5.91 Å². The molecular formula is C16H21ClN2OS. The standard InChI is InChI=1S/C16H20N2OS.ClH/c1-2-8-18(14-5-7-17-11-14)16(19)13-3-4-15-12(10-13)6-9-20-15;/h3-4,6,9-10,14,17H,2,5,7-8,11H2,1H3;1H. The van der Waals surface area contributed by atoms with Gasteiger partial charge in [-0.2, -0.15) is 0 Å². The number of hydrogen-bond acceptors (Lipinski definition) is 3. The molecule has 1 aromatic heterocycles. The van der Waals surface area contributed by atoms with E-state index in [1.54, 1.807) is 11.3 Å². The first-order valence-corrected chi connectivity index (χ1v) is 8.16. The summed E-state index contributed by atoms with van der Waals surface area (Å²) in [6.45, 7) is 4.91. The van der Waals surface area contributed by atoms with Crippen molar-refractivity contribution in [2.75, 3.05) is 19.6 Å². The molecule has 3 nitrogen and oxygen atoms in total. The second-order valence-electron chi connectivity index (χ2n) is 5.32. The minimum atomic E-state index is 0. The van der Waals surface area contributed by atoms with Crippen molar-refractivity contribution in [1.82, 2.24) is 10.2 Å². The molecule has 3 rings (SSSR count). The highest BCUT2D eigenvalue weighted by Gasteiger charge is 2.26. The summed E-state index contributed by atoms with van der Waals surface area (Å²) in [5.41, 5.74) is 0.816. The lowest BCUT2D eigenvalue weighted by molar-refractivity contribution is 0.0692. The van der Waals surface area contributed by atoms with E-state index in [0.29, 0.717) is 6.04 Å². The number of hydrogen-bond donors (Lipinski definition) is 1. The Balaban J connectivity index is 0.00000161. The van der Waals surface area contributed by atoms with Gasteiger partial charge in [0.2, 0.25) is 0 Å². The van der Waals surface area contributed by atoms with Gasteiger partial charge in [-0.3, -0.25) is 4.79 Å². The third kappa shape index (κ3) is 3.39. The monoisotopic (exact) mass is 324 g/mol. The molecule has 1 unspecified atom stereocenters. The Kier molecular flexibility index (Phi) is 5.62. The van der Waals surface area contributed by atoms with E-state index in [-0.39, 0.29) is 18.3 Å². The van der Waals surface area contributed by atoms with Crippen LogP contribution in [0.5, 0.6) is 0 Å². The lowest BCUT2D eigenvalue weighted by Crippen LogP contribution is -2.42. The maximum atomic E-state index is 12.8. The zero-order valence-corrected chi connectivity index (χ0v) is 13.8. The number of fused-ring (bicyclic) bond motifs is 1. The Bertz CT molecular complexity index is 607. The fourth-order valence-corrected chi connectivity index (χ4v) is 3.63. The molecule has 0 bridgehead atoms. The molecule has 0 saturated carbocycles. The molecule has 1 aliphatic rings. The van der Waals surface area contributed by atoms with E-state index < -0.39 is 0 Å². The van der Waals surface area contributed by atoms with Crippen LogP contribution in [-0.4, -0.2) is 36.5 Å². The van der Waals surface area contributed by atoms with Gasteiger partial charge in [0, 0.05) is 29.4 Å². The summed E-state index contributed by atoms with van der Waals surface area (Å²) in [7, 11) is 0. The fraction of sp³-hybridized carbons (Fsp3) is 0.438. The molecule has 0 radical (unpaired) electrons. The van der Waals surface area contributed by atoms with Crippen molar-refractivity contribution in [2.45, 2.75) is 25.8 Å². The van der Waals surface area contributed by atoms with Crippen LogP contribution in [0.2, 0.25) is 0 Å². The molecule has 1 N–H and O–H groups in total. The van der Waals surface area contributed by atoms with Crippen molar-refractivity contribution in [1.29, 1.82) is 0 Å². The van der Waals surface area contributed by atoms with Gasteiger partial charge in [0.1, 0.15) is 0 Å². The largest absolute Gasteiger partial charge is 0.334 e. The average molecular weight is 325 g/mol. The Hall–Kier alpha value is -1.10. The topological polar surface area (TPSA) is 32.3 Å². The molecule has 0 spiro atoms. The summed E-state index contributed by atoms with van der Waals surface area (Å²) in [5.74, 6) is 0.175. The third-order valence-corrected chi connectivity index (χ3v) is 4.80. The lowest BCUT2D eigenvalue weighted by atomic mass is 10.1. The predicted molar refractivity (Wildman–Crippen MR) is 91.7 cm³/mol. The van der Waals surface area contributed by atoms with Gasteiger partial charge in [-0.05, 0) is 54.4 Å². The Morgan fingerprint density at radius 3 is 3.00 bits per heavy atom. The maximum absolute atomic E-state index is 12.8. The number of nitrogens with one attached hydrogen (secondary N) is 1. The third-order valence-electron chi connectivity index (χ3n) is 3.90. The molecule has 1 saturated heterocycles. The van der Waals surface area contributed by atoms with Gasteiger partial charge < -0.3 is 10.2 Å². The zero-order valence-electron chi connectivity index (χ0n) is 12.2. The summed E-state index contributed by atoms with van der Waals surface area (Å²) < 4.78 is 1.24. The van der Waals surface area contributed by atoms with Crippen LogP contribution >= 0.6 is 23.7 Å². The SMILES string of the molecule is CCCN(C(=O)c1ccc2sccc2c1)C1CCNC1.Cl. The van der Waals surface area contributed by atoms with Crippen molar-refractivity contribution in [3.8, 4) is 0 Å². The molecule has 1 aliphatic heterocycles. The number of halogens is 1. The van der Waals surface area contributed by atoms with Crippen molar-refractivity contribution in [3.63, 3.8) is 0 Å². The highest BCUT2D eigenvalue weighted by Crippen LogP contribution is 2.23. The second-order valence-corrected chi connectivity index (χ2v) is 6.27. The smallest absolute Gasteiger partial charge is 0.254 e. The van der Waals surface area contributed by atoms with Gasteiger partial charge in [-0.25, -0.2) is 0 Å². The van der Waals surface area contributed by atoms with E-state index in [1.807, 2.05) is 17.0 Å². The summed E-state index contributed by atoms with van der Waals surface area (Å²) in [4.78, 5) is 14.8. The summed E-state index contributed by atoms with van der Waals surface area (Å²) >= 11 is 1.72. The van der Waals surface area contributed by atoms with E-state index >= 15 is 0 Å². The fourth-order valence-electron chi connectivity index (χ4n) is 2.86. The van der Waals surface area contributed by atoms with Crippen LogP contribution in [0.1, 0.15) is 30.1 Å². The number of rotatable bonds is 4. The van der Waals surface area contributed by atoms with E-state index in [4.69, 9.17) is 0 Å². The quantitative estimate of drug-likeness (QED) is 0.933. The molecule has 1 amide bonds. The second kappa shape index (κ2) is 7.25.